The third-order valence-corrected chi connectivity index (χ3v) is 10.1. The van der Waals surface area contributed by atoms with Gasteiger partial charge in [-0.1, -0.05) is 133 Å². The fourth-order valence-electron chi connectivity index (χ4n) is 7.88. The molecule has 0 amide bonds. The summed E-state index contributed by atoms with van der Waals surface area (Å²) in [5.74, 6) is 0. The van der Waals surface area contributed by atoms with Gasteiger partial charge in [0, 0.05) is 38.6 Å². The van der Waals surface area contributed by atoms with Gasteiger partial charge in [0.25, 0.3) is 0 Å². The molecule has 8 aromatic carbocycles. The van der Waals surface area contributed by atoms with Crippen molar-refractivity contribution >= 4 is 54.6 Å². The summed E-state index contributed by atoms with van der Waals surface area (Å²) < 4.78 is 7.26. The van der Waals surface area contributed by atoms with Crippen LogP contribution in [0, 0.1) is 0 Å². The van der Waals surface area contributed by atoms with E-state index in [1.807, 2.05) is 0 Å². The fourth-order valence-corrected chi connectivity index (χ4v) is 7.88. The third kappa shape index (κ3) is 4.74. The van der Waals surface area contributed by atoms with Gasteiger partial charge in [-0.2, -0.15) is 0 Å². The van der Waals surface area contributed by atoms with Crippen LogP contribution in [0.4, 0.5) is 0 Å². The standard InChI is InChI=1S/C48H33N3/c1-2-16-34(17-3-1)35-18-14-19-36(32-35)50-45-28-10-6-24-41(45)42-25-7-11-29-46(42)51(48-31-13-12-30-47(48)50)38-21-15-20-37(33-38)49-43-26-8-4-22-39(43)40-23-5-9-27-44(40)49/h1-33H. The second-order valence-electron chi connectivity index (χ2n) is 13.0. The summed E-state index contributed by atoms with van der Waals surface area (Å²) in [5, 5.41) is 4.86. The molecule has 3 heteroatoms. The minimum atomic E-state index is 1.09. The van der Waals surface area contributed by atoms with Crippen LogP contribution in [0.3, 0.4) is 0 Å². The molecule has 10 aromatic rings. The molecule has 0 atom stereocenters. The molecule has 0 aliphatic heterocycles. The molecule has 0 aliphatic rings. The Labute approximate surface area is 295 Å². The predicted molar refractivity (Wildman–Crippen MR) is 215 cm³/mol. The average Bonchev–Trinajstić information content (AvgIpc) is 3.54. The first-order valence-electron chi connectivity index (χ1n) is 17.5. The quantitative estimate of drug-likeness (QED) is 0.180. The van der Waals surface area contributed by atoms with Gasteiger partial charge in [-0.05, 0) is 77.9 Å². The molecule has 240 valence electrons. The SMILES string of the molecule is c1ccc(-c2cccc(-n3c4ccccc4c4ccccc4n(-c4cccc(-n5c6ccccc6c6ccccc65)c4)c4ccccc43)c2)cc1. The van der Waals surface area contributed by atoms with Crippen molar-refractivity contribution in [3.05, 3.63) is 200 Å². The Bertz CT molecular complexity index is 2920. The highest BCUT2D eigenvalue weighted by atomic mass is 15.0. The highest BCUT2D eigenvalue weighted by Gasteiger charge is 2.16. The van der Waals surface area contributed by atoms with Crippen molar-refractivity contribution in [2.45, 2.75) is 0 Å². The minimum Gasteiger partial charge on any atom is -0.309 e. The van der Waals surface area contributed by atoms with E-state index in [0.29, 0.717) is 0 Å². The van der Waals surface area contributed by atoms with Crippen molar-refractivity contribution in [1.29, 1.82) is 0 Å². The number of nitrogens with zero attached hydrogens (tertiary/aromatic N) is 3. The van der Waals surface area contributed by atoms with Gasteiger partial charge >= 0.3 is 0 Å². The molecular formula is C48H33N3. The smallest absolute Gasteiger partial charge is 0.0702 e. The number of hydrogen-bond acceptors (Lipinski definition) is 0. The maximum Gasteiger partial charge on any atom is 0.0702 e. The summed E-state index contributed by atoms with van der Waals surface area (Å²) in [6.07, 6.45) is 0. The van der Waals surface area contributed by atoms with Crippen LogP contribution in [0.25, 0.3) is 82.8 Å². The molecule has 0 aliphatic carbocycles. The first-order chi connectivity index (χ1) is 25.3. The molecule has 3 nitrogen and oxygen atoms in total. The van der Waals surface area contributed by atoms with Gasteiger partial charge in [0.1, 0.15) is 0 Å². The zero-order valence-corrected chi connectivity index (χ0v) is 27.9. The van der Waals surface area contributed by atoms with Crippen LogP contribution in [0.5, 0.6) is 0 Å². The van der Waals surface area contributed by atoms with E-state index < -0.39 is 0 Å². The lowest BCUT2D eigenvalue weighted by Crippen LogP contribution is -2.05. The monoisotopic (exact) mass is 651 g/mol. The van der Waals surface area contributed by atoms with E-state index in [-0.39, 0.29) is 0 Å². The number of rotatable bonds is 4. The fraction of sp³-hybridized carbons (Fsp3) is 0. The summed E-state index contributed by atoms with van der Waals surface area (Å²) in [6.45, 7) is 0. The minimum absolute atomic E-state index is 1.09. The number of hydrogen-bond donors (Lipinski definition) is 0. The molecule has 10 rings (SSSR count). The molecule has 0 N–H and O–H groups in total. The van der Waals surface area contributed by atoms with Crippen molar-refractivity contribution in [2.24, 2.45) is 0 Å². The van der Waals surface area contributed by atoms with Crippen LogP contribution in [-0.4, -0.2) is 13.7 Å². The number of fused-ring (bicyclic) bond motifs is 7. The molecule has 2 aromatic heterocycles. The van der Waals surface area contributed by atoms with Gasteiger partial charge in [-0.15, -0.1) is 0 Å². The second kappa shape index (κ2) is 11.9. The first kappa shape index (κ1) is 29.1. The van der Waals surface area contributed by atoms with Crippen LogP contribution < -0.4 is 0 Å². The lowest BCUT2D eigenvalue weighted by atomic mass is 10.0. The van der Waals surface area contributed by atoms with Gasteiger partial charge in [0.2, 0.25) is 0 Å². The van der Waals surface area contributed by atoms with Crippen LogP contribution in [-0.2, 0) is 0 Å². The van der Waals surface area contributed by atoms with E-state index in [9.17, 15) is 0 Å². The normalized spacial score (nSPS) is 11.5. The molecule has 0 radical (unpaired) electrons. The Kier molecular flexibility index (Phi) is 6.81. The van der Waals surface area contributed by atoms with Gasteiger partial charge in [-0.3, -0.25) is 0 Å². The van der Waals surface area contributed by atoms with Crippen LogP contribution >= 0.6 is 0 Å². The second-order valence-corrected chi connectivity index (χ2v) is 13.0. The largest absolute Gasteiger partial charge is 0.309 e. The maximum absolute atomic E-state index is 2.44. The summed E-state index contributed by atoms with van der Waals surface area (Å²) in [6, 6.07) is 72.3. The van der Waals surface area contributed by atoms with E-state index in [4.69, 9.17) is 0 Å². The predicted octanol–water partition coefficient (Wildman–Crippen LogP) is 12.6. The van der Waals surface area contributed by atoms with E-state index in [0.717, 1.165) is 39.1 Å². The Morgan fingerprint density at radius 3 is 0.980 bits per heavy atom. The lowest BCUT2D eigenvalue weighted by molar-refractivity contribution is 1.11. The Morgan fingerprint density at radius 1 is 0.216 bits per heavy atom. The molecule has 51 heavy (non-hydrogen) atoms. The number of benzene rings is 8. The van der Waals surface area contributed by atoms with Gasteiger partial charge < -0.3 is 13.7 Å². The molecule has 0 saturated carbocycles. The average molecular weight is 652 g/mol. The molecule has 0 bridgehead atoms. The van der Waals surface area contributed by atoms with Crippen LogP contribution in [0.15, 0.2) is 200 Å². The molecular weight excluding hydrogens is 619 g/mol. The van der Waals surface area contributed by atoms with Crippen molar-refractivity contribution in [1.82, 2.24) is 13.7 Å². The van der Waals surface area contributed by atoms with Gasteiger partial charge in [-0.25, -0.2) is 0 Å². The van der Waals surface area contributed by atoms with Gasteiger partial charge in [0.15, 0.2) is 0 Å². The topological polar surface area (TPSA) is 14.8 Å². The Hall–Kier alpha value is -6.84. The van der Waals surface area contributed by atoms with Crippen LogP contribution in [0.2, 0.25) is 0 Å². The van der Waals surface area contributed by atoms with Crippen molar-refractivity contribution < 1.29 is 0 Å². The number of para-hydroxylation sites is 6. The first-order valence-corrected chi connectivity index (χ1v) is 17.5. The summed E-state index contributed by atoms with van der Waals surface area (Å²) >= 11 is 0. The van der Waals surface area contributed by atoms with Crippen LogP contribution in [0.1, 0.15) is 0 Å². The molecule has 0 fully saturated rings. The highest BCUT2D eigenvalue weighted by molar-refractivity contribution is 6.09. The van der Waals surface area contributed by atoms with Crippen molar-refractivity contribution in [3.8, 4) is 28.2 Å². The van der Waals surface area contributed by atoms with E-state index in [2.05, 4.69) is 214 Å². The summed E-state index contributed by atoms with van der Waals surface area (Å²) in [5.41, 5.74) is 12.6. The number of aromatic nitrogens is 3. The zero-order valence-electron chi connectivity index (χ0n) is 27.9. The van der Waals surface area contributed by atoms with Gasteiger partial charge in [0.05, 0.1) is 33.1 Å². The highest BCUT2D eigenvalue weighted by Crippen LogP contribution is 2.35. The van der Waals surface area contributed by atoms with E-state index in [1.54, 1.807) is 0 Å². The molecule has 0 unspecified atom stereocenters. The Morgan fingerprint density at radius 2 is 0.529 bits per heavy atom. The van der Waals surface area contributed by atoms with Crippen molar-refractivity contribution in [3.63, 3.8) is 0 Å². The molecule has 0 saturated heterocycles. The Balaban J connectivity index is 1.33. The third-order valence-electron chi connectivity index (χ3n) is 10.1. The van der Waals surface area contributed by atoms with E-state index in [1.165, 1.54) is 43.7 Å². The zero-order chi connectivity index (χ0) is 33.7. The molecule has 0 spiro atoms. The maximum atomic E-state index is 2.44. The van der Waals surface area contributed by atoms with E-state index >= 15 is 0 Å². The molecule has 2 heterocycles. The lowest BCUT2D eigenvalue weighted by Gasteiger charge is -2.21. The van der Waals surface area contributed by atoms with Crippen molar-refractivity contribution in [2.75, 3.05) is 0 Å². The summed E-state index contributed by atoms with van der Waals surface area (Å²) in [4.78, 5) is 0. The summed E-state index contributed by atoms with van der Waals surface area (Å²) in [7, 11) is 0.